The van der Waals surface area contributed by atoms with Crippen molar-refractivity contribution in [3.63, 3.8) is 0 Å². The van der Waals surface area contributed by atoms with Crippen molar-refractivity contribution in [1.29, 1.82) is 0 Å². The number of nitrogens with zero attached hydrogens (tertiary/aromatic N) is 4. The summed E-state index contributed by atoms with van der Waals surface area (Å²) in [6, 6.07) is 3.83. The summed E-state index contributed by atoms with van der Waals surface area (Å²) in [5, 5.41) is 17.0. The summed E-state index contributed by atoms with van der Waals surface area (Å²) < 4.78 is 1.87. The Balaban J connectivity index is 2.35. The van der Waals surface area contributed by atoms with Crippen molar-refractivity contribution in [3.8, 4) is 0 Å². The molecule has 20 heavy (non-hydrogen) atoms. The predicted molar refractivity (Wildman–Crippen MR) is 77.5 cm³/mol. The second kappa shape index (κ2) is 5.83. The molecular weight excluding hydrogens is 256 g/mol. The Bertz CT molecular complexity index is 658. The summed E-state index contributed by atoms with van der Waals surface area (Å²) in [4.78, 5) is 12.7. The highest BCUT2D eigenvalue weighted by atomic mass is 16.4. The lowest BCUT2D eigenvalue weighted by Gasteiger charge is -2.09. The van der Waals surface area contributed by atoms with Gasteiger partial charge in [-0.2, -0.15) is 0 Å². The Hall–Kier alpha value is -2.21. The molecule has 0 aliphatic heterocycles. The highest BCUT2D eigenvalue weighted by molar-refractivity contribution is 5.88. The quantitative estimate of drug-likeness (QED) is 0.834. The number of rotatable bonds is 5. The molecule has 0 fully saturated rings. The minimum absolute atomic E-state index is 0.771. The highest BCUT2D eigenvalue weighted by Crippen LogP contribution is 2.20. The molecule has 0 saturated heterocycles. The van der Waals surface area contributed by atoms with Gasteiger partial charge in [0.2, 0.25) is 0 Å². The first kappa shape index (κ1) is 14.2. The number of hydrogen-bond acceptors (Lipinski definition) is 4. The van der Waals surface area contributed by atoms with Crippen molar-refractivity contribution in [2.45, 2.75) is 13.5 Å². The normalized spacial score (nSPS) is 11.8. The second-order valence-electron chi connectivity index (χ2n) is 4.93. The lowest BCUT2D eigenvalue weighted by molar-refractivity contribution is -0.131. The molecule has 6 heteroatoms. The van der Waals surface area contributed by atoms with Crippen LogP contribution in [0.5, 0.6) is 0 Å². The van der Waals surface area contributed by atoms with E-state index in [1.165, 1.54) is 0 Å². The maximum absolute atomic E-state index is 10.6. The summed E-state index contributed by atoms with van der Waals surface area (Å²) in [6.07, 6.45) is 2.71. The van der Waals surface area contributed by atoms with Crippen LogP contribution in [0.15, 0.2) is 18.2 Å². The van der Waals surface area contributed by atoms with E-state index in [0.717, 1.165) is 41.3 Å². The highest BCUT2D eigenvalue weighted by Gasteiger charge is 2.09. The van der Waals surface area contributed by atoms with E-state index in [4.69, 9.17) is 5.11 Å². The van der Waals surface area contributed by atoms with Crippen molar-refractivity contribution in [2.75, 3.05) is 20.6 Å². The van der Waals surface area contributed by atoms with Crippen molar-refractivity contribution >= 4 is 23.1 Å². The van der Waals surface area contributed by atoms with Gasteiger partial charge in [0.15, 0.2) is 0 Å². The molecule has 1 N–H and O–H groups in total. The van der Waals surface area contributed by atoms with Gasteiger partial charge in [-0.15, -0.1) is 5.10 Å². The van der Waals surface area contributed by atoms with Gasteiger partial charge < -0.3 is 10.0 Å². The molecule has 0 aliphatic rings. The SMILES string of the molecule is Cc1c(/C=C/C(=O)O)ccc2c1nnn2CCN(C)C. The molecule has 0 bridgehead atoms. The van der Waals surface area contributed by atoms with E-state index in [-0.39, 0.29) is 0 Å². The maximum atomic E-state index is 10.6. The number of aliphatic carboxylic acids is 1. The molecule has 106 valence electrons. The van der Waals surface area contributed by atoms with Crippen LogP contribution < -0.4 is 0 Å². The zero-order chi connectivity index (χ0) is 14.7. The van der Waals surface area contributed by atoms with Crippen LogP contribution in [-0.4, -0.2) is 51.6 Å². The van der Waals surface area contributed by atoms with Crippen molar-refractivity contribution in [2.24, 2.45) is 0 Å². The van der Waals surface area contributed by atoms with E-state index < -0.39 is 5.97 Å². The molecule has 1 heterocycles. The van der Waals surface area contributed by atoms with Gasteiger partial charge in [0.1, 0.15) is 5.52 Å². The molecule has 0 unspecified atom stereocenters. The van der Waals surface area contributed by atoms with E-state index in [1.54, 1.807) is 6.08 Å². The Labute approximate surface area is 117 Å². The summed E-state index contributed by atoms with van der Waals surface area (Å²) >= 11 is 0. The van der Waals surface area contributed by atoms with E-state index in [0.29, 0.717) is 0 Å². The van der Waals surface area contributed by atoms with Crippen LogP contribution in [-0.2, 0) is 11.3 Å². The molecule has 6 nitrogen and oxygen atoms in total. The van der Waals surface area contributed by atoms with Crippen LogP contribution in [0, 0.1) is 6.92 Å². The Morgan fingerprint density at radius 1 is 1.45 bits per heavy atom. The van der Waals surface area contributed by atoms with Crippen LogP contribution in [0.1, 0.15) is 11.1 Å². The lowest BCUT2D eigenvalue weighted by atomic mass is 10.1. The first-order valence-electron chi connectivity index (χ1n) is 6.37. The molecule has 0 radical (unpaired) electrons. The Morgan fingerprint density at radius 3 is 2.85 bits per heavy atom. The largest absolute Gasteiger partial charge is 0.478 e. The monoisotopic (exact) mass is 274 g/mol. The lowest BCUT2D eigenvalue weighted by Crippen LogP contribution is -2.19. The van der Waals surface area contributed by atoms with Crippen LogP contribution in [0.25, 0.3) is 17.1 Å². The number of likely N-dealkylation sites (N-methyl/N-ethyl adjacent to an activating group) is 1. The average Bonchev–Trinajstić information content (AvgIpc) is 2.79. The number of carboxylic acids is 1. The van der Waals surface area contributed by atoms with Crippen molar-refractivity contribution in [1.82, 2.24) is 19.9 Å². The molecule has 0 aliphatic carbocycles. The van der Waals surface area contributed by atoms with Gasteiger partial charge in [-0.25, -0.2) is 9.48 Å². The third-order valence-corrected chi connectivity index (χ3v) is 3.15. The summed E-state index contributed by atoms with van der Waals surface area (Å²) in [7, 11) is 4.03. The molecule has 1 aromatic carbocycles. The fraction of sp³-hybridized carbons (Fsp3) is 0.357. The first-order chi connectivity index (χ1) is 9.49. The number of carbonyl (C=O) groups is 1. The van der Waals surface area contributed by atoms with E-state index >= 15 is 0 Å². The molecule has 1 aromatic heterocycles. The van der Waals surface area contributed by atoms with Crippen LogP contribution in [0.2, 0.25) is 0 Å². The van der Waals surface area contributed by atoms with Gasteiger partial charge in [0.05, 0.1) is 12.1 Å². The summed E-state index contributed by atoms with van der Waals surface area (Å²) in [6.45, 7) is 3.58. The van der Waals surface area contributed by atoms with Crippen LogP contribution in [0.3, 0.4) is 0 Å². The number of aryl methyl sites for hydroxylation is 1. The summed E-state index contributed by atoms with van der Waals surface area (Å²) in [5.74, 6) is -0.959. The molecule has 0 spiro atoms. The van der Waals surface area contributed by atoms with Gasteiger partial charge in [0, 0.05) is 12.6 Å². The summed E-state index contributed by atoms with van der Waals surface area (Å²) in [5.41, 5.74) is 3.57. The van der Waals surface area contributed by atoms with Crippen LogP contribution in [0.4, 0.5) is 0 Å². The third-order valence-electron chi connectivity index (χ3n) is 3.15. The number of carboxylic acid groups (broad SMARTS) is 1. The molecule has 0 amide bonds. The maximum Gasteiger partial charge on any atom is 0.328 e. The number of aromatic nitrogens is 3. The zero-order valence-electron chi connectivity index (χ0n) is 11.9. The fourth-order valence-electron chi connectivity index (χ4n) is 1.98. The van der Waals surface area contributed by atoms with Crippen LogP contribution >= 0.6 is 0 Å². The Kier molecular flexibility index (Phi) is 4.14. The first-order valence-corrected chi connectivity index (χ1v) is 6.37. The second-order valence-corrected chi connectivity index (χ2v) is 4.93. The zero-order valence-corrected chi connectivity index (χ0v) is 11.9. The molecule has 2 rings (SSSR count). The minimum Gasteiger partial charge on any atom is -0.478 e. The molecular formula is C14H18N4O2. The standard InChI is InChI=1S/C14H18N4O2/c1-10-11(5-7-13(19)20)4-6-12-14(10)15-16-18(12)9-8-17(2)3/h4-7H,8-9H2,1-3H3,(H,19,20)/b7-5+. The fourth-order valence-corrected chi connectivity index (χ4v) is 1.98. The van der Waals surface area contributed by atoms with Gasteiger partial charge in [-0.05, 0) is 44.3 Å². The van der Waals surface area contributed by atoms with E-state index in [1.807, 2.05) is 37.8 Å². The minimum atomic E-state index is -0.959. The number of benzene rings is 1. The smallest absolute Gasteiger partial charge is 0.328 e. The molecule has 0 saturated carbocycles. The van der Waals surface area contributed by atoms with E-state index in [9.17, 15) is 4.79 Å². The topological polar surface area (TPSA) is 71.2 Å². The van der Waals surface area contributed by atoms with Gasteiger partial charge in [-0.3, -0.25) is 0 Å². The number of hydrogen-bond donors (Lipinski definition) is 1. The van der Waals surface area contributed by atoms with Gasteiger partial charge in [0.25, 0.3) is 0 Å². The van der Waals surface area contributed by atoms with Gasteiger partial charge in [-0.1, -0.05) is 11.3 Å². The Morgan fingerprint density at radius 2 is 2.20 bits per heavy atom. The predicted octanol–water partition coefficient (Wildman–Crippen LogP) is 1.40. The van der Waals surface area contributed by atoms with Gasteiger partial charge >= 0.3 is 5.97 Å². The van der Waals surface area contributed by atoms with Crippen molar-refractivity contribution < 1.29 is 9.90 Å². The third kappa shape index (κ3) is 3.03. The molecule has 2 aromatic rings. The van der Waals surface area contributed by atoms with E-state index in [2.05, 4.69) is 15.2 Å². The number of fused-ring (bicyclic) bond motifs is 1. The molecule has 0 atom stereocenters. The average molecular weight is 274 g/mol. The van der Waals surface area contributed by atoms with Crippen molar-refractivity contribution in [3.05, 3.63) is 29.3 Å².